The van der Waals surface area contributed by atoms with Gasteiger partial charge in [-0.05, 0) is 31.2 Å². The number of piperidine rings is 1. The van der Waals surface area contributed by atoms with Crippen molar-refractivity contribution in [2.24, 2.45) is 5.92 Å². The minimum absolute atomic E-state index is 0.0248. The highest BCUT2D eigenvalue weighted by atomic mass is 16.5. The number of hydrogen-bond acceptors (Lipinski definition) is 4. The van der Waals surface area contributed by atoms with Crippen LogP contribution in [0.2, 0.25) is 0 Å². The molecule has 5 nitrogen and oxygen atoms in total. The molecule has 5 heteroatoms. The van der Waals surface area contributed by atoms with Crippen molar-refractivity contribution in [3.8, 4) is 0 Å². The van der Waals surface area contributed by atoms with Crippen molar-refractivity contribution < 1.29 is 14.1 Å². The van der Waals surface area contributed by atoms with Crippen LogP contribution in [0.4, 0.5) is 0 Å². The Morgan fingerprint density at radius 2 is 2.08 bits per heavy atom. The molecule has 0 N–H and O–H groups in total. The molecule has 1 aromatic carbocycles. The summed E-state index contributed by atoms with van der Waals surface area (Å²) in [4.78, 5) is 14.7. The van der Waals surface area contributed by atoms with Crippen molar-refractivity contribution in [3.63, 3.8) is 0 Å². The standard InChI is InChI=1S/C20H24N2O3/c1-24-18-9-10-22(13-16(18)11-14-5-3-2-4-6-14)20(23)17-12-19(25-21-17)15-7-8-15/h2-6,12,15-16,18H,7-11,13H2,1H3/t16-,18-/m0/s1. The first kappa shape index (κ1) is 16.3. The Hall–Kier alpha value is -2.14. The number of aromatic nitrogens is 1. The van der Waals surface area contributed by atoms with Gasteiger partial charge in [-0.2, -0.15) is 0 Å². The molecular weight excluding hydrogens is 316 g/mol. The zero-order valence-corrected chi connectivity index (χ0v) is 14.6. The molecule has 1 amide bonds. The number of hydrogen-bond donors (Lipinski definition) is 0. The molecular formula is C20H24N2O3. The summed E-state index contributed by atoms with van der Waals surface area (Å²) in [5.41, 5.74) is 1.72. The lowest BCUT2D eigenvalue weighted by Crippen LogP contribution is -2.47. The molecule has 2 atom stereocenters. The Morgan fingerprint density at radius 1 is 1.28 bits per heavy atom. The fourth-order valence-corrected chi connectivity index (χ4v) is 3.73. The van der Waals surface area contributed by atoms with Gasteiger partial charge in [-0.15, -0.1) is 0 Å². The molecule has 4 rings (SSSR count). The van der Waals surface area contributed by atoms with Gasteiger partial charge in [-0.3, -0.25) is 4.79 Å². The Labute approximate surface area is 147 Å². The van der Waals surface area contributed by atoms with Gasteiger partial charge in [-0.25, -0.2) is 0 Å². The molecule has 25 heavy (non-hydrogen) atoms. The predicted molar refractivity (Wildman–Crippen MR) is 93.4 cm³/mol. The number of carbonyl (C=O) groups excluding carboxylic acids is 1. The van der Waals surface area contributed by atoms with Crippen molar-refractivity contribution in [2.45, 2.75) is 37.7 Å². The molecule has 0 unspecified atom stereocenters. The quantitative estimate of drug-likeness (QED) is 0.838. The van der Waals surface area contributed by atoms with Crippen LogP contribution in [0.25, 0.3) is 0 Å². The van der Waals surface area contributed by atoms with E-state index in [1.165, 1.54) is 5.56 Å². The molecule has 0 radical (unpaired) electrons. The molecule has 1 aliphatic carbocycles. The minimum Gasteiger partial charge on any atom is -0.381 e. The van der Waals surface area contributed by atoms with E-state index in [1.54, 1.807) is 7.11 Å². The molecule has 2 aromatic rings. The van der Waals surface area contributed by atoms with E-state index < -0.39 is 0 Å². The van der Waals surface area contributed by atoms with Crippen LogP contribution < -0.4 is 0 Å². The topological polar surface area (TPSA) is 55.6 Å². The Morgan fingerprint density at radius 3 is 2.80 bits per heavy atom. The van der Waals surface area contributed by atoms with Crippen molar-refractivity contribution >= 4 is 5.91 Å². The molecule has 0 spiro atoms. The van der Waals surface area contributed by atoms with Gasteiger partial charge in [-0.1, -0.05) is 35.5 Å². The highest BCUT2D eigenvalue weighted by molar-refractivity contribution is 5.92. The highest BCUT2D eigenvalue weighted by Gasteiger charge is 2.34. The van der Waals surface area contributed by atoms with E-state index in [9.17, 15) is 4.79 Å². The first-order chi connectivity index (χ1) is 12.2. The average molecular weight is 340 g/mol. The summed E-state index contributed by atoms with van der Waals surface area (Å²) in [7, 11) is 1.76. The SMILES string of the molecule is CO[C@H]1CCN(C(=O)c2cc(C3CC3)on2)C[C@@H]1Cc1ccccc1. The minimum atomic E-state index is -0.0248. The fourth-order valence-electron chi connectivity index (χ4n) is 3.73. The number of amides is 1. The van der Waals surface area contributed by atoms with Gasteiger partial charge in [0.1, 0.15) is 5.76 Å². The Kier molecular flexibility index (Phi) is 4.57. The summed E-state index contributed by atoms with van der Waals surface area (Å²) in [5.74, 6) is 1.60. The third-order valence-electron chi connectivity index (χ3n) is 5.32. The second-order valence-electron chi connectivity index (χ2n) is 7.15. The third kappa shape index (κ3) is 3.61. The molecule has 0 bridgehead atoms. The fraction of sp³-hybridized carbons (Fsp3) is 0.500. The molecule has 132 valence electrons. The number of ether oxygens (including phenoxy) is 1. The first-order valence-electron chi connectivity index (χ1n) is 9.07. The summed E-state index contributed by atoms with van der Waals surface area (Å²) in [6.07, 6.45) is 4.23. The second kappa shape index (κ2) is 7.00. The molecule has 1 aliphatic heterocycles. The summed E-state index contributed by atoms with van der Waals surface area (Å²) in [6.45, 7) is 1.39. The first-order valence-corrected chi connectivity index (χ1v) is 9.07. The third-order valence-corrected chi connectivity index (χ3v) is 5.32. The zero-order chi connectivity index (χ0) is 17.2. The smallest absolute Gasteiger partial charge is 0.276 e. The Bertz CT molecular complexity index is 724. The van der Waals surface area contributed by atoms with Crippen molar-refractivity contribution in [2.75, 3.05) is 20.2 Å². The van der Waals surface area contributed by atoms with Crippen LogP contribution in [0.15, 0.2) is 40.9 Å². The average Bonchev–Trinajstić information content (AvgIpc) is 3.39. The number of likely N-dealkylation sites (tertiary alicyclic amines) is 1. The van der Waals surface area contributed by atoms with Gasteiger partial charge in [0.05, 0.1) is 6.10 Å². The van der Waals surface area contributed by atoms with Crippen LogP contribution in [-0.2, 0) is 11.2 Å². The number of methoxy groups -OCH3 is 1. The molecule has 1 saturated heterocycles. The van der Waals surface area contributed by atoms with Crippen LogP contribution in [0, 0.1) is 5.92 Å². The van der Waals surface area contributed by atoms with Gasteiger partial charge < -0.3 is 14.2 Å². The molecule has 1 aromatic heterocycles. The van der Waals surface area contributed by atoms with E-state index in [2.05, 4.69) is 29.4 Å². The summed E-state index contributed by atoms with van der Waals surface area (Å²) in [6, 6.07) is 12.2. The van der Waals surface area contributed by atoms with E-state index in [-0.39, 0.29) is 12.0 Å². The van der Waals surface area contributed by atoms with Crippen molar-refractivity contribution in [1.82, 2.24) is 10.1 Å². The van der Waals surface area contributed by atoms with E-state index in [4.69, 9.17) is 9.26 Å². The van der Waals surface area contributed by atoms with E-state index in [0.29, 0.717) is 30.6 Å². The van der Waals surface area contributed by atoms with Crippen LogP contribution >= 0.6 is 0 Å². The maximum atomic E-state index is 12.8. The molecule has 2 fully saturated rings. The van der Waals surface area contributed by atoms with Crippen LogP contribution in [0.5, 0.6) is 0 Å². The van der Waals surface area contributed by atoms with Crippen molar-refractivity contribution in [3.05, 3.63) is 53.4 Å². The second-order valence-corrected chi connectivity index (χ2v) is 7.15. The van der Waals surface area contributed by atoms with Gasteiger partial charge in [0.2, 0.25) is 0 Å². The van der Waals surface area contributed by atoms with E-state index >= 15 is 0 Å². The number of carbonyl (C=O) groups is 1. The molecule has 2 aliphatic rings. The van der Waals surface area contributed by atoms with Gasteiger partial charge in [0, 0.05) is 38.1 Å². The van der Waals surface area contributed by atoms with Crippen LogP contribution in [0.3, 0.4) is 0 Å². The van der Waals surface area contributed by atoms with E-state index in [1.807, 2.05) is 17.0 Å². The highest BCUT2D eigenvalue weighted by Crippen LogP contribution is 2.40. The monoisotopic (exact) mass is 340 g/mol. The van der Waals surface area contributed by atoms with Crippen molar-refractivity contribution in [1.29, 1.82) is 0 Å². The maximum absolute atomic E-state index is 12.8. The summed E-state index contributed by atoms with van der Waals surface area (Å²) in [5, 5.41) is 4.00. The summed E-state index contributed by atoms with van der Waals surface area (Å²) >= 11 is 0. The lowest BCUT2D eigenvalue weighted by molar-refractivity contribution is -0.00327. The number of rotatable bonds is 5. The van der Waals surface area contributed by atoms with Crippen LogP contribution in [-0.4, -0.2) is 42.3 Å². The Balaban J connectivity index is 1.45. The molecule has 2 heterocycles. The number of benzene rings is 1. The normalized spacial score (nSPS) is 23.6. The summed E-state index contributed by atoms with van der Waals surface area (Å²) < 4.78 is 11.0. The van der Waals surface area contributed by atoms with Crippen LogP contribution in [0.1, 0.15) is 47.0 Å². The maximum Gasteiger partial charge on any atom is 0.276 e. The lowest BCUT2D eigenvalue weighted by Gasteiger charge is -2.37. The number of nitrogens with zero attached hydrogens (tertiary/aromatic N) is 2. The lowest BCUT2D eigenvalue weighted by atomic mass is 9.88. The predicted octanol–water partition coefficient (Wildman–Crippen LogP) is 3.27. The van der Waals surface area contributed by atoms with Gasteiger partial charge >= 0.3 is 0 Å². The van der Waals surface area contributed by atoms with E-state index in [0.717, 1.165) is 31.4 Å². The molecule has 1 saturated carbocycles. The van der Waals surface area contributed by atoms with Gasteiger partial charge in [0.25, 0.3) is 5.91 Å². The van der Waals surface area contributed by atoms with Gasteiger partial charge in [0.15, 0.2) is 5.69 Å². The largest absolute Gasteiger partial charge is 0.381 e. The zero-order valence-electron chi connectivity index (χ0n) is 14.6.